The summed E-state index contributed by atoms with van der Waals surface area (Å²) in [5, 5.41) is 14.5. The number of aryl methyl sites for hydroxylation is 3. The van der Waals surface area contributed by atoms with Gasteiger partial charge in [-0.25, -0.2) is 0 Å². The van der Waals surface area contributed by atoms with Crippen LogP contribution in [0.4, 0.5) is 0 Å². The summed E-state index contributed by atoms with van der Waals surface area (Å²) in [5.41, 5.74) is 1.06. The van der Waals surface area contributed by atoms with Gasteiger partial charge in [0, 0.05) is 23.5 Å². The number of carbonyl (C=O) groups is 1. The van der Waals surface area contributed by atoms with Crippen molar-refractivity contribution in [1.29, 1.82) is 0 Å². The van der Waals surface area contributed by atoms with Crippen LogP contribution < -0.4 is 5.32 Å². The molecule has 5 heteroatoms. The van der Waals surface area contributed by atoms with E-state index in [1.165, 1.54) is 0 Å². The van der Waals surface area contributed by atoms with Crippen LogP contribution in [0.1, 0.15) is 34.5 Å². The summed E-state index contributed by atoms with van der Waals surface area (Å²) in [7, 11) is 1.86. The van der Waals surface area contributed by atoms with Gasteiger partial charge >= 0.3 is 0 Å². The molecule has 126 valence electrons. The Balaban J connectivity index is 1.79. The summed E-state index contributed by atoms with van der Waals surface area (Å²) in [6.07, 6.45) is 0. The average molecular weight is 326 g/mol. The van der Waals surface area contributed by atoms with E-state index in [-0.39, 0.29) is 12.5 Å². The number of benzene rings is 1. The van der Waals surface area contributed by atoms with Crippen LogP contribution in [-0.4, -0.2) is 22.1 Å². The Bertz CT molecular complexity index is 903. The zero-order valence-electron chi connectivity index (χ0n) is 14.4. The number of furan rings is 1. The van der Waals surface area contributed by atoms with Crippen LogP contribution in [0.5, 0.6) is 0 Å². The van der Waals surface area contributed by atoms with Crippen LogP contribution in [0.15, 0.2) is 40.8 Å². The summed E-state index contributed by atoms with van der Waals surface area (Å²) in [5.74, 6) is 1.19. The normalized spacial score (nSPS) is 13.9. The molecule has 3 aromatic rings. The molecule has 2 aromatic heterocycles. The Morgan fingerprint density at radius 3 is 2.62 bits per heavy atom. The van der Waals surface area contributed by atoms with Crippen molar-refractivity contribution in [3.63, 3.8) is 0 Å². The quantitative estimate of drug-likeness (QED) is 0.774. The third kappa shape index (κ3) is 2.83. The van der Waals surface area contributed by atoms with Gasteiger partial charge in [-0.2, -0.15) is 0 Å². The Morgan fingerprint density at radius 1 is 1.29 bits per heavy atom. The molecule has 1 unspecified atom stereocenters. The van der Waals surface area contributed by atoms with Gasteiger partial charge in [0.2, 0.25) is 0 Å². The Hall–Kier alpha value is -2.53. The fourth-order valence-electron chi connectivity index (χ4n) is 3.11. The van der Waals surface area contributed by atoms with Crippen molar-refractivity contribution in [3.05, 3.63) is 59.2 Å². The largest absolute Gasteiger partial charge is 0.466 e. The number of hydrogen-bond acceptors (Lipinski definition) is 3. The summed E-state index contributed by atoms with van der Waals surface area (Å²) in [6, 6.07) is 11.5. The minimum atomic E-state index is -1.19. The van der Waals surface area contributed by atoms with Crippen LogP contribution in [0.2, 0.25) is 0 Å². The summed E-state index contributed by atoms with van der Waals surface area (Å²) in [4.78, 5) is 12.5. The second kappa shape index (κ2) is 5.83. The summed E-state index contributed by atoms with van der Waals surface area (Å²) >= 11 is 0. The topological polar surface area (TPSA) is 67.4 Å². The highest BCUT2D eigenvalue weighted by Crippen LogP contribution is 2.26. The van der Waals surface area contributed by atoms with Crippen LogP contribution in [0.25, 0.3) is 10.9 Å². The minimum Gasteiger partial charge on any atom is -0.466 e. The van der Waals surface area contributed by atoms with Crippen LogP contribution in [-0.2, 0) is 12.6 Å². The van der Waals surface area contributed by atoms with Gasteiger partial charge in [0.05, 0.1) is 6.54 Å². The maximum Gasteiger partial charge on any atom is 0.268 e. The first-order chi connectivity index (χ1) is 11.3. The lowest BCUT2D eigenvalue weighted by Crippen LogP contribution is -2.39. The standard InChI is InChI=1S/C19H22N2O3/c1-12-9-15(13(2)24-12)19(3,23)11-20-18(22)17-10-14-7-5-6-8-16(14)21(17)4/h5-10,23H,11H2,1-4H3,(H,20,22). The van der Waals surface area contributed by atoms with Crippen molar-refractivity contribution in [2.75, 3.05) is 6.54 Å². The molecule has 0 saturated heterocycles. The predicted molar refractivity (Wildman–Crippen MR) is 93.0 cm³/mol. The van der Waals surface area contributed by atoms with E-state index in [1.807, 2.05) is 55.8 Å². The lowest BCUT2D eigenvalue weighted by Gasteiger charge is -2.23. The lowest BCUT2D eigenvalue weighted by molar-refractivity contribution is 0.0512. The molecule has 0 fully saturated rings. The van der Waals surface area contributed by atoms with Crippen molar-refractivity contribution in [2.45, 2.75) is 26.4 Å². The molecule has 2 N–H and O–H groups in total. The van der Waals surface area contributed by atoms with E-state index in [0.29, 0.717) is 17.0 Å². The SMILES string of the molecule is Cc1cc(C(C)(O)CNC(=O)c2cc3ccccc3n2C)c(C)o1. The maximum absolute atomic E-state index is 12.5. The maximum atomic E-state index is 12.5. The molecule has 3 rings (SSSR count). The molecule has 2 heterocycles. The molecule has 0 aliphatic rings. The number of fused-ring (bicyclic) bond motifs is 1. The van der Waals surface area contributed by atoms with E-state index >= 15 is 0 Å². The average Bonchev–Trinajstić information content (AvgIpc) is 3.06. The number of para-hydroxylation sites is 1. The van der Waals surface area contributed by atoms with E-state index in [0.717, 1.165) is 16.7 Å². The minimum absolute atomic E-state index is 0.104. The monoisotopic (exact) mass is 326 g/mol. The first-order valence-corrected chi connectivity index (χ1v) is 7.92. The van der Waals surface area contributed by atoms with Crippen LogP contribution >= 0.6 is 0 Å². The van der Waals surface area contributed by atoms with Gasteiger partial charge < -0.3 is 19.4 Å². The fourth-order valence-corrected chi connectivity index (χ4v) is 3.11. The third-order valence-electron chi connectivity index (χ3n) is 4.40. The Labute approximate surface area is 140 Å². The van der Waals surface area contributed by atoms with E-state index < -0.39 is 5.60 Å². The molecule has 0 bridgehead atoms. The highest BCUT2D eigenvalue weighted by Gasteiger charge is 2.28. The molecule has 0 aliphatic carbocycles. The number of nitrogens with one attached hydrogen (secondary N) is 1. The summed E-state index contributed by atoms with van der Waals surface area (Å²) in [6.45, 7) is 5.42. The van der Waals surface area contributed by atoms with Crippen molar-refractivity contribution >= 4 is 16.8 Å². The molecule has 1 amide bonds. The van der Waals surface area contributed by atoms with Crippen molar-refractivity contribution in [1.82, 2.24) is 9.88 Å². The number of aliphatic hydroxyl groups is 1. The third-order valence-corrected chi connectivity index (χ3v) is 4.40. The molecule has 1 aromatic carbocycles. The smallest absolute Gasteiger partial charge is 0.268 e. The number of nitrogens with zero attached hydrogens (tertiary/aromatic N) is 1. The van der Waals surface area contributed by atoms with Crippen molar-refractivity contribution < 1.29 is 14.3 Å². The predicted octanol–water partition coefficient (Wildman–Crippen LogP) is 3.03. The number of rotatable bonds is 4. The van der Waals surface area contributed by atoms with E-state index in [2.05, 4.69) is 5.32 Å². The highest BCUT2D eigenvalue weighted by molar-refractivity contribution is 5.98. The van der Waals surface area contributed by atoms with Gasteiger partial charge in [-0.1, -0.05) is 18.2 Å². The van der Waals surface area contributed by atoms with Crippen molar-refractivity contribution in [2.24, 2.45) is 7.05 Å². The molecule has 0 spiro atoms. The number of hydrogen-bond donors (Lipinski definition) is 2. The van der Waals surface area contributed by atoms with E-state index in [1.54, 1.807) is 13.0 Å². The van der Waals surface area contributed by atoms with Gasteiger partial charge in [-0.3, -0.25) is 4.79 Å². The molecule has 24 heavy (non-hydrogen) atoms. The molecule has 0 radical (unpaired) electrons. The highest BCUT2D eigenvalue weighted by atomic mass is 16.3. The van der Waals surface area contributed by atoms with Crippen molar-refractivity contribution in [3.8, 4) is 0 Å². The van der Waals surface area contributed by atoms with E-state index in [4.69, 9.17) is 4.42 Å². The first kappa shape index (κ1) is 16.3. The first-order valence-electron chi connectivity index (χ1n) is 7.92. The van der Waals surface area contributed by atoms with Crippen LogP contribution in [0, 0.1) is 13.8 Å². The lowest BCUT2D eigenvalue weighted by atomic mass is 9.96. The number of amides is 1. The fraction of sp³-hybridized carbons (Fsp3) is 0.316. The molecule has 5 nitrogen and oxygen atoms in total. The molecule has 0 saturated carbocycles. The molecule has 1 atom stereocenters. The van der Waals surface area contributed by atoms with Crippen LogP contribution in [0.3, 0.4) is 0 Å². The van der Waals surface area contributed by atoms with Gasteiger partial charge in [0.25, 0.3) is 5.91 Å². The second-order valence-corrected chi connectivity index (χ2v) is 6.43. The zero-order valence-corrected chi connectivity index (χ0v) is 14.4. The molecular weight excluding hydrogens is 304 g/mol. The molecule has 0 aliphatic heterocycles. The van der Waals surface area contributed by atoms with Gasteiger partial charge in [-0.05, 0) is 39.0 Å². The van der Waals surface area contributed by atoms with Gasteiger partial charge in [-0.15, -0.1) is 0 Å². The second-order valence-electron chi connectivity index (χ2n) is 6.43. The summed E-state index contributed by atoms with van der Waals surface area (Å²) < 4.78 is 7.33. The Kier molecular flexibility index (Phi) is 3.97. The Morgan fingerprint density at radius 2 is 2.00 bits per heavy atom. The number of aromatic nitrogens is 1. The van der Waals surface area contributed by atoms with Gasteiger partial charge in [0.15, 0.2) is 0 Å². The number of carbonyl (C=O) groups excluding carboxylic acids is 1. The van der Waals surface area contributed by atoms with E-state index in [9.17, 15) is 9.90 Å². The molecular formula is C19H22N2O3. The zero-order chi connectivity index (χ0) is 17.5. The van der Waals surface area contributed by atoms with Gasteiger partial charge in [0.1, 0.15) is 22.8 Å².